The summed E-state index contributed by atoms with van der Waals surface area (Å²) in [6, 6.07) is 17.2. The van der Waals surface area contributed by atoms with Crippen LogP contribution in [0.4, 0.5) is 5.69 Å². The van der Waals surface area contributed by atoms with Crippen molar-refractivity contribution >= 4 is 35.6 Å². The standard InChI is InChI=1S/C18H19ClN2O2.ClH/c19-15-8-6-14(7-9-15)13-21(16-4-2-1-3-5-16)18(22)17-12-20-10-11-23-17;/h1-9,17,20H,10-13H2;1H/t17-;/m1./s1. The minimum Gasteiger partial charge on any atom is -0.366 e. The number of nitrogens with one attached hydrogen (secondary N) is 1. The van der Waals surface area contributed by atoms with E-state index in [-0.39, 0.29) is 18.3 Å². The van der Waals surface area contributed by atoms with Gasteiger partial charge in [-0.25, -0.2) is 0 Å². The number of ether oxygens (including phenoxy) is 1. The monoisotopic (exact) mass is 366 g/mol. The molecule has 1 N–H and O–H groups in total. The Kier molecular flexibility index (Phi) is 7.06. The smallest absolute Gasteiger partial charge is 0.257 e. The summed E-state index contributed by atoms with van der Waals surface area (Å²) < 4.78 is 5.62. The SMILES string of the molecule is Cl.O=C([C@H]1CNCCO1)N(Cc1ccc(Cl)cc1)c1ccccc1. The lowest BCUT2D eigenvalue weighted by molar-refractivity contribution is -0.131. The normalized spacial score (nSPS) is 17.0. The third kappa shape index (κ3) is 4.71. The van der Waals surface area contributed by atoms with Crippen molar-refractivity contribution in [1.82, 2.24) is 5.32 Å². The maximum atomic E-state index is 12.9. The molecule has 6 heteroatoms. The molecule has 0 unspecified atom stereocenters. The summed E-state index contributed by atoms with van der Waals surface area (Å²) in [7, 11) is 0. The number of benzene rings is 2. The van der Waals surface area contributed by atoms with Gasteiger partial charge in [-0.1, -0.05) is 41.9 Å². The average molecular weight is 367 g/mol. The zero-order valence-electron chi connectivity index (χ0n) is 13.2. The van der Waals surface area contributed by atoms with Crippen molar-refractivity contribution in [3.63, 3.8) is 0 Å². The van der Waals surface area contributed by atoms with E-state index in [0.29, 0.717) is 24.7 Å². The van der Waals surface area contributed by atoms with Gasteiger partial charge in [0.2, 0.25) is 0 Å². The quantitative estimate of drug-likeness (QED) is 0.902. The van der Waals surface area contributed by atoms with Gasteiger partial charge < -0.3 is 15.0 Å². The van der Waals surface area contributed by atoms with Crippen molar-refractivity contribution in [3.8, 4) is 0 Å². The molecule has 2 aromatic carbocycles. The van der Waals surface area contributed by atoms with E-state index < -0.39 is 6.10 Å². The number of halogens is 2. The highest BCUT2D eigenvalue weighted by molar-refractivity contribution is 6.30. The maximum Gasteiger partial charge on any atom is 0.257 e. The van der Waals surface area contributed by atoms with Crippen LogP contribution < -0.4 is 10.2 Å². The molecule has 0 radical (unpaired) electrons. The molecule has 1 aliphatic heterocycles. The Morgan fingerprint density at radius 2 is 1.88 bits per heavy atom. The molecule has 1 heterocycles. The predicted octanol–water partition coefficient (Wildman–Crippen LogP) is 3.28. The second kappa shape index (κ2) is 9.04. The number of anilines is 1. The van der Waals surface area contributed by atoms with Crippen molar-refractivity contribution in [2.45, 2.75) is 12.6 Å². The molecule has 0 spiro atoms. The van der Waals surface area contributed by atoms with Gasteiger partial charge in [0.1, 0.15) is 6.10 Å². The van der Waals surface area contributed by atoms with Gasteiger partial charge in [-0.3, -0.25) is 4.79 Å². The molecule has 1 amide bonds. The van der Waals surface area contributed by atoms with Crippen LogP contribution in [0.1, 0.15) is 5.56 Å². The van der Waals surface area contributed by atoms with Crippen molar-refractivity contribution in [3.05, 3.63) is 65.2 Å². The topological polar surface area (TPSA) is 41.6 Å². The molecule has 3 rings (SSSR count). The third-order valence-electron chi connectivity index (χ3n) is 3.79. The van der Waals surface area contributed by atoms with E-state index in [1.54, 1.807) is 4.90 Å². The Hall–Kier alpha value is -1.59. The first kappa shape index (κ1) is 18.7. The van der Waals surface area contributed by atoms with Crippen LogP contribution in [0.3, 0.4) is 0 Å². The van der Waals surface area contributed by atoms with Gasteiger partial charge in [0.05, 0.1) is 13.2 Å². The number of para-hydroxylation sites is 1. The molecular weight excluding hydrogens is 347 g/mol. The molecule has 1 atom stereocenters. The summed E-state index contributed by atoms with van der Waals surface area (Å²) >= 11 is 5.94. The minimum absolute atomic E-state index is 0. The van der Waals surface area contributed by atoms with Gasteiger partial charge in [0.25, 0.3) is 5.91 Å². The van der Waals surface area contributed by atoms with Gasteiger partial charge in [-0.05, 0) is 29.8 Å². The fraction of sp³-hybridized carbons (Fsp3) is 0.278. The largest absolute Gasteiger partial charge is 0.366 e. The molecule has 128 valence electrons. The summed E-state index contributed by atoms with van der Waals surface area (Å²) in [5.74, 6) is -0.0293. The summed E-state index contributed by atoms with van der Waals surface area (Å²) in [6.07, 6.45) is -0.448. The van der Waals surface area contributed by atoms with Crippen LogP contribution in [-0.4, -0.2) is 31.7 Å². The van der Waals surface area contributed by atoms with E-state index in [2.05, 4.69) is 5.32 Å². The number of morpholine rings is 1. The van der Waals surface area contributed by atoms with Gasteiger partial charge in [-0.15, -0.1) is 12.4 Å². The highest BCUT2D eigenvalue weighted by Gasteiger charge is 2.27. The van der Waals surface area contributed by atoms with Gasteiger partial charge in [0.15, 0.2) is 0 Å². The van der Waals surface area contributed by atoms with Crippen molar-refractivity contribution in [2.24, 2.45) is 0 Å². The zero-order chi connectivity index (χ0) is 16.1. The Morgan fingerprint density at radius 1 is 1.17 bits per heavy atom. The summed E-state index contributed by atoms with van der Waals surface area (Å²) in [5.41, 5.74) is 1.89. The third-order valence-corrected chi connectivity index (χ3v) is 4.04. The molecule has 24 heavy (non-hydrogen) atoms. The molecule has 2 aromatic rings. The molecule has 0 saturated carbocycles. The molecule has 0 aromatic heterocycles. The van der Waals surface area contributed by atoms with E-state index >= 15 is 0 Å². The van der Waals surface area contributed by atoms with Crippen LogP contribution >= 0.6 is 24.0 Å². The van der Waals surface area contributed by atoms with Crippen molar-refractivity contribution in [2.75, 3.05) is 24.6 Å². The molecule has 0 aliphatic carbocycles. The number of nitrogens with zero attached hydrogens (tertiary/aromatic N) is 1. The summed E-state index contributed by atoms with van der Waals surface area (Å²) in [4.78, 5) is 14.7. The van der Waals surface area contributed by atoms with Gasteiger partial charge >= 0.3 is 0 Å². The Bertz CT molecular complexity index is 644. The average Bonchev–Trinajstić information content (AvgIpc) is 2.62. The summed E-state index contributed by atoms with van der Waals surface area (Å²) in [6.45, 7) is 2.37. The highest BCUT2D eigenvalue weighted by atomic mass is 35.5. The highest BCUT2D eigenvalue weighted by Crippen LogP contribution is 2.20. The number of hydrogen-bond donors (Lipinski definition) is 1. The zero-order valence-corrected chi connectivity index (χ0v) is 14.7. The Balaban J connectivity index is 0.00000208. The van der Waals surface area contributed by atoms with Crippen LogP contribution in [0, 0.1) is 0 Å². The predicted molar refractivity (Wildman–Crippen MR) is 98.9 cm³/mol. The second-order valence-electron chi connectivity index (χ2n) is 5.45. The number of hydrogen-bond acceptors (Lipinski definition) is 3. The first-order valence-corrected chi connectivity index (χ1v) is 8.05. The number of carbonyl (C=O) groups is 1. The van der Waals surface area contributed by atoms with Crippen LogP contribution in [0.2, 0.25) is 5.02 Å². The molecular formula is C18H20Cl2N2O2. The van der Waals surface area contributed by atoms with E-state index in [1.807, 2.05) is 54.6 Å². The molecule has 4 nitrogen and oxygen atoms in total. The van der Waals surface area contributed by atoms with Crippen LogP contribution in [-0.2, 0) is 16.1 Å². The Labute approximate surface area is 153 Å². The molecule has 1 fully saturated rings. The van der Waals surface area contributed by atoms with Gasteiger partial charge in [-0.2, -0.15) is 0 Å². The minimum atomic E-state index is -0.448. The molecule has 1 saturated heterocycles. The number of rotatable bonds is 4. The lowest BCUT2D eigenvalue weighted by Crippen LogP contribution is -2.49. The lowest BCUT2D eigenvalue weighted by atomic mass is 10.1. The first-order valence-electron chi connectivity index (χ1n) is 7.67. The Morgan fingerprint density at radius 3 is 2.50 bits per heavy atom. The number of carbonyl (C=O) groups excluding carboxylic acids is 1. The molecule has 0 bridgehead atoms. The van der Waals surface area contributed by atoms with E-state index in [9.17, 15) is 4.79 Å². The van der Waals surface area contributed by atoms with Crippen molar-refractivity contribution < 1.29 is 9.53 Å². The molecule has 1 aliphatic rings. The van der Waals surface area contributed by atoms with Crippen LogP contribution in [0.25, 0.3) is 0 Å². The van der Waals surface area contributed by atoms with E-state index in [0.717, 1.165) is 17.8 Å². The second-order valence-corrected chi connectivity index (χ2v) is 5.89. The van der Waals surface area contributed by atoms with E-state index in [1.165, 1.54) is 0 Å². The van der Waals surface area contributed by atoms with E-state index in [4.69, 9.17) is 16.3 Å². The first-order chi connectivity index (χ1) is 11.2. The lowest BCUT2D eigenvalue weighted by Gasteiger charge is -2.30. The maximum absolute atomic E-state index is 12.9. The number of amides is 1. The van der Waals surface area contributed by atoms with Crippen molar-refractivity contribution in [1.29, 1.82) is 0 Å². The fourth-order valence-electron chi connectivity index (χ4n) is 2.57. The van der Waals surface area contributed by atoms with Crippen LogP contribution in [0.5, 0.6) is 0 Å². The van der Waals surface area contributed by atoms with Crippen LogP contribution in [0.15, 0.2) is 54.6 Å². The van der Waals surface area contributed by atoms with Gasteiger partial charge in [0, 0.05) is 23.8 Å². The fourth-order valence-corrected chi connectivity index (χ4v) is 2.70. The summed E-state index contributed by atoms with van der Waals surface area (Å²) in [5, 5.41) is 3.89.